The van der Waals surface area contributed by atoms with Gasteiger partial charge < -0.3 is 5.32 Å². The van der Waals surface area contributed by atoms with Crippen LogP contribution in [-0.2, 0) is 4.84 Å². The van der Waals surface area contributed by atoms with Gasteiger partial charge in [-0.3, -0.25) is 19.7 Å². The second-order valence-corrected chi connectivity index (χ2v) is 8.68. The molecule has 3 aromatic rings. The van der Waals surface area contributed by atoms with E-state index >= 15 is 0 Å². The van der Waals surface area contributed by atoms with Gasteiger partial charge in [0.25, 0.3) is 11.6 Å². The molecule has 2 N–H and O–H groups in total. The van der Waals surface area contributed by atoms with Crippen LogP contribution in [0.1, 0.15) is 23.2 Å². The van der Waals surface area contributed by atoms with E-state index in [0.29, 0.717) is 28.9 Å². The molecule has 0 bridgehead atoms. The van der Waals surface area contributed by atoms with E-state index in [9.17, 15) is 14.9 Å². The molecule has 1 amide bonds. The van der Waals surface area contributed by atoms with Gasteiger partial charge in [-0.25, -0.2) is 10.2 Å². The van der Waals surface area contributed by atoms with Crippen molar-refractivity contribution in [2.75, 3.05) is 11.9 Å². The molecule has 0 aliphatic heterocycles. The number of amides is 1. The maximum Gasteiger partial charge on any atom is 0.295 e. The average Bonchev–Trinajstić information content (AvgIpc) is 3.39. The SMILES string of the molecule is O=C(NOCC1CC1)c1cc([N+](=O)[O-])c(-n2cccn2)cc1Nc1ccc(I)cc1Cl. The molecular weight excluding hydrogens is 537 g/mol. The summed E-state index contributed by atoms with van der Waals surface area (Å²) >= 11 is 8.48. The van der Waals surface area contributed by atoms with Crippen molar-refractivity contribution >= 4 is 57.2 Å². The van der Waals surface area contributed by atoms with Gasteiger partial charge in [0.2, 0.25) is 0 Å². The highest BCUT2D eigenvalue weighted by Gasteiger charge is 2.25. The summed E-state index contributed by atoms with van der Waals surface area (Å²) < 4.78 is 2.31. The Morgan fingerprint density at radius 1 is 1.32 bits per heavy atom. The van der Waals surface area contributed by atoms with Crippen molar-refractivity contribution in [1.29, 1.82) is 0 Å². The number of rotatable bonds is 8. The van der Waals surface area contributed by atoms with E-state index in [0.717, 1.165) is 16.4 Å². The Hall–Kier alpha value is -2.70. The molecule has 0 saturated heterocycles. The Labute approximate surface area is 196 Å². The summed E-state index contributed by atoms with van der Waals surface area (Å²) in [6, 6.07) is 9.74. The van der Waals surface area contributed by atoms with Crippen LogP contribution in [0.3, 0.4) is 0 Å². The Balaban J connectivity index is 1.75. The summed E-state index contributed by atoms with van der Waals surface area (Å²) in [5.74, 6) is -0.153. The van der Waals surface area contributed by atoms with Gasteiger partial charge in [-0.15, -0.1) is 0 Å². The van der Waals surface area contributed by atoms with Gasteiger partial charge in [0.15, 0.2) is 0 Å². The molecule has 1 heterocycles. The van der Waals surface area contributed by atoms with Gasteiger partial charge in [-0.2, -0.15) is 5.10 Å². The van der Waals surface area contributed by atoms with Crippen molar-refractivity contribution < 1.29 is 14.6 Å². The van der Waals surface area contributed by atoms with Crippen LogP contribution in [0.25, 0.3) is 5.69 Å². The van der Waals surface area contributed by atoms with E-state index in [1.54, 1.807) is 24.4 Å². The Bertz CT molecular complexity index is 1130. The summed E-state index contributed by atoms with van der Waals surface area (Å²) in [5, 5.41) is 19.4. The number of hydroxylamine groups is 1. The Morgan fingerprint density at radius 3 is 2.77 bits per heavy atom. The smallest absolute Gasteiger partial charge is 0.295 e. The second kappa shape index (κ2) is 9.20. The molecule has 2 aromatic carbocycles. The minimum atomic E-state index is -0.597. The Morgan fingerprint density at radius 2 is 2.13 bits per heavy atom. The predicted molar refractivity (Wildman–Crippen MR) is 124 cm³/mol. The first-order chi connectivity index (χ1) is 14.9. The number of halogens is 2. The first-order valence-corrected chi connectivity index (χ1v) is 10.8. The molecule has 11 heteroatoms. The fourth-order valence-electron chi connectivity index (χ4n) is 2.91. The number of carbonyl (C=O) groups is 1. The summed E-state index contributed by atoms with van der Waals surface area (Å²) in [7, 11) is 0. The largest absolute Gasteiger partial charge is 0.354 e. The number of carbonyl (C=O) groups excluding carboxylic acids is 1. The number of benzene rings is 2. The van der Waals surface area contributed by atoms with E-state index < -0.39 is 10.8 Å². The number of nitro groups is 1. The number of nitrogens with one attached hydrogen (secondary N) is 2. The normalized spacial score (nSPS) is 13.1. The van der Waals surface area contributed by atoms with E-state index in [2.05, 4.69) is 38.5 Å². The minimum absolute atomic E-state index is 0.0491. The van der Waals surface area contributed by atoms with E-state index in [1.165, 1.54) is 23.0 Å². The maximum atomic E-state index is 12.8. The van der Waals surface area contributed by atoms with Crippen LogP contribution < -0.4 is 10.8 Å². The zero-order chi connectivity index (χ0) is 22.0. The van der Waals surface area contributed by atoms with Crippen LogP contribution in [0.15, 0.2) is 48.8 Å². The summed E-state index contributed by atoms with van der Waals surface area (Å²) in [4.78, 5) is 29.3. The number of nitro benzene ring substituents is 1. The molecule has 1 saturated carbocycles. The van der Waals surface area contributed by atoms with Crippen LogP contribution >= 0.6 is 34.2 Å². The topological polar surface area (TPSA) is 111 Å². The van der Waals surface area contributed by atoms with Gasteiger partial charge in [0.1, 0.15) is 5.69 Å². The average molecular weight is 554 g/mol. The zero-order valence-electron chi connectivity index (χ0n) is 16.0. The van der Waals surface area contributed by atoms with Gasteiger partial charge in [0.05, 0.1) is 33.5 Å². The van der Waals surface area contributed by atoms with E-state index in [4.69, 9.17) is 16.4 Å². The monoisotopic (exact) mass is 553 g/mol. The molecule has 9 nitrogen and oxygen atoms in total. The molecule has 0 radical (unpaired) electrons. The molecule has 31 heavy (non-hydrogen) atoms. The molecule has 0 atom stereocenters. The lowest BCUT2D eigenvalue weighted by Crippen LogP contribution is -2.26. The van der Waals surface area contributed by atoms with Crippen molar-refractivity contribution in [2.45, 2.75) is 12.8 Å². The molecule has 1 fully saturated rings. The van der Waals surface area contributed by atoms with Gasteiger partial charge in [0, 0.05) is 22.0 Å². The van der Waals surface area contributed by atoms with Crippen LogP contribution in [-0.4, -0.2) is 27.2 Å². The third kappa shape index (κ3) is 5.14. The van der Waals surface area contributed by atoms with E-state index in [1.807, 2.05) is 6.07 Å². The molecule has 1 aromatic heterocycles. The quantitative estimate of drug-likeness (QED) is 0.234. The van der Waals surface area contributed by atoms with E-state index in [-0.39, 0.29) is 16.9 Å². The first kappa shape index (κ1) is 21.5. The summed E-state index contributed by atoms with van der Waals surface area (Å²) in [6.07, 6.45) is 5.23. The molecule has 4 rings (SSSR count). The van der Waals surface area contributed by atoms with Crippen molar-refractivity contribution in [3.8, 4) is 5.69 Å². The lowest BCUT2D eigenvalue weighted by atomic mass is 10.1. The number of hydrogen-bond acceptors (Lipinski definition) is 6. The predicted octanol–water partition coefficient (Wildman–Crippen LogP) is 4.85. The summed E-state index contributed by atoms with van der Waals surface area (Å²) in [6.45, 7) is 0.408. The van der Waals surface area contributed by atoms with Gasteiger partial charge in [-0.1, -0.05) is 11.6 Å². The molecule has 0 unspecified atom stereocenters. The van der Waals surface area contributed by atoms with Crippen molar-refractivity contribution in [2.24, 2.45) is 5.92 Å². The van der Waals surface area contributed by atoms with Crippen LogP contribution in [0.5, 0.6) is 0 Å². The molecule has 0 spiro atoms. The second-order valence-electron chi connectivity index (χ2n) is 7.03. The van der Waals surface area contributed by atoms with Crippen molar-refractivity contribution in [3.05, 3.63) is 73.1 Å². The minimum Gasteiger partial charge on any atom is -0.354 e. The third-order valence-electron chi connectivity index (χ3n) is 4.69. The van der Waals surface area contributed by atoms with Gasteiger partial charge >= 0.3 is 0 Å². The highest BCUT2D eigenvalue weighted by molar-refractivity contribution is 14.1. The molecule has 160 valence electrons. The van der Waals surface area contributed by atoms with Crippen molar-refractivity contribution in [3.63, 3.8) is 0 Å². The van der Waals surface area contributed by atoms with Crippen LogP contribution in [0, 0.1) is 19.6 Å². The van der Waals surface area contributed by atoms with Crippen molar-refractivity contribution in [1.82, 2.24) is 15.3 Å². The number of nitrogens with zero attached hydrogens (tertiary/aromatic N) is 3. The Kier molecular flexibility index (Phi) is 6.39. The highest BCUT2D eigenvalue weighted by atomic mass is 127. The van der Waals surface area contributed by atoms with Crippen LogP contribution in [0.2, 0.25) is 5.02 Å². The number of anilines is 2. The highest BCUT2D eigenvalue weighted by Crippen LogP contribution is 2.34. The maximum absolute atomic E-state index is 12.8. The number of hydrogen-bond donors (Lipinski definition) is 2. The third-order valence-corrected chi connectivity index (χ3v) is 5.67. The molecule has 1 aliphatic carbocycles. The van der Waals surface area contributed by atoms with Gasteiger partial charge in [-0.05, 0) is 71.7 Å². The fourth-order valence-corrected chi connectivity index (χ4v) is 3.81. The standard InChI is InChI=1S/C20H17ClIN5O4/c21-15-8-13(22)4-5-16(15)24-17-10-18(26-7-1-6-23-26)19(27(29)30)9-14(17)20(28)25-31-11-12-2-3-12/h1,4-10,12,24H,2-3,11H2,(H,25,28). The molecule has 1 aliphatic rings. The lowest BCUT2D eigenvalue weighted by Gasteiger charge is -2.15. The summed E-state index contributed by atoms with van der Waals surface area (Å²) in [5.41, 5.74) is 3.24. The zero-order valence-corrected chi connectivity index (χ0v) is 19.0. The fraction of sp³-hybridized carbons (Fsp3) is 0.200. The first-order valence-electron chi connectivity index (χ1n) is 9.39. The lowest BCUT2D eigenvalue weighted by molar-refractivity contribution is -0.384. The number of aromatic nitrogens is 2. The molecular formula is C20H17ClIN5O4. The van der Waals surface area contributed by atoms with Crippen LogP contribution in [0.4, 0.5) is 17.1 Å².